The first-order valence-electron chi connectivity index (χ1n) is 6.70. The van der Waals surface area contributed by atoms with Gasteiger partial charge in [-0.25, -0.2) is 0 Å². The highest BCUT2D eigenvalue weighted by molar-refractivity contribution is 5.94. The van der Waals surface area contributed by atoms with Crippen LogP contribution in [0.4, 0.5) is 0 Å². The van der Waals surface area contributed by atoms with Crippen molar-refractivity contribution in [1.82, 2.24) is 9.88 Å². The quantitative estimate of drug-likeness (QED) is 0.803. The fourth-order valence-electron chi connectivity index (χ4n) is 2.28. The Morgan fingerprint density at radius 1 is 1.60 bits per heavy atom. The molecular weight excluding hydrogens is 254 g/mol. The summed E-state index contributed by atoms with van der Waals surface area (Å²) in [6.45, 7) is 1.69. The van der Waals surface area contributed by atoms with Crippen LogP contribution < -0.4 is 5.73 Å². The summed E-state index contributed by atoms with van der Waals surface area (Å²) in [5.41, 5.74) is 6.61. The Bertz CT molecular complexity index is 533. The maximum atomic E-state index is 12.4. The summed E-state index contributed by atoms with van der Waals surface area (Å²) >= 11 is 0. The maximum absolute atomic E-state index is 12.4. The van der Waals surface area contributed by atoms with E-state index in [0.29, 0.717) is 24.2 Å². The van der Waals surface area contributed by atoms with Crippen LogP contribution in [0.1, 0.15) is 28.8 Å². The molecule has 0 aromatic carbocycles. The van der Waals surface area contributed by atoms with Crippen molar-refractivity contribution in [2.24, 2.45) is 5.73 Å². The molecule has 0 radical (unpaired) electrons. The van der Waals surface area contributed by atoms with Gasteiger partial charge >= 0.3 is 0 Å². The summed E-state index contributed by atoms with van der Waals surface area (Å²) in [6.07, 6.45) is 5.30. The van der Waals surface area contributed by atoms with Crippen molar-refractivity contribution in [3.8, 4) is 11.8 Å². The molecule has 5 nitrogen and oxygen atoms in total. The SMILES string of the molecule is COC1CCCN(C(=O)c2cncc(C#CCN)c2)C1. The third-order valence-corrected chi connectivity index (χ3v) is 3.32. The number of methoxy groups -OCH3 is 1. The molecule has 106 valence electrons. The number of rotatable bonds is 2. The highest BCUT2D eigenvalue weighted by Gasteiger charge is 2.24. The first-order valence-corrected chi connectivity index (χ1v) is 6.70. The summed E-state index contributed by atoms with van der Waals surface area (Å²) in [5.74, 6) is 5.63. The number of nitrogens with two attached hydrogens (primary N) is 1. The lowest BCUT2D eigenvalue weighted by Crippen LogP contribution is -2.42. The fourth-order valence-corrected chi connectivity index (χ4v) is 2.28. The number of nitrogens with zero attached hydrogens (tertiary/aromatic N) is 2. The van der Waals surface area contributed by atoms with Crippen LogP contribution in [0.2, 0.25) is 0 Å². The van der Waals surface area contributed by atoms with E-state index in [2.05, 4.69) is 16.8 Å². The molecule has 1 fully saturated rings. The van der Waals surface area contributed by atoms with E-state index in [1.54, 1.807) is 25.6 Å². The summed E-state index contributed by atoms with van der Waals surface area (Å²) < 4.78 is 5.34. The van der Waals surface area contributed by atoms with Crippen molar-refractivity contribution < 1.29 is 9.53 Å². The molecule has 20 heavy (non-hydrogen) atoms. The zero-order valence-corrected chi connectivity index (χ0v) is 11.6. The molecule has 0 aliphatic carbocycles. The molecule has 1 aliphatic heterocycles. The molecule has 2 heterocycles. The maximum Gasteiger partial charge on any atom is 0.255 e. The van der Waals surface area contributed by atoms with Crippen LogP contribution in [0.25, 0.3) is 0 Å². The Hall–Kier alpha value is -1.90. The molecule has 0 bridgehead atoms. The Labute approximate surface area is 119 Å². The van der Waals surface area contributed by atoms with Crippen LogP contribution in [0.15, 0.2) is 18.5 Å². The zero-order valence-electron chi connectivity index (χ0n) is 11.6. The first kappa shape index (κ1) is 14.5. The standard InChI is InChI=1S/C15H19N3O2/c1-20-14-5-3-7-18(11-14)15(19)13-8-12(4-2-6-16)9-17-10-13/h8-10,14H,3,5-7,11,16H2,1H3. The predicted molar refractivity (Wildman–Crippen MR) is 76.1 cm³/mol. The van der Waals surface area contributed by atoms with Gasteiger partial charge < -0.3 is 15.4 Å². The second kappa shape index (κ2) is 7.04. The highest BCUT2D eigenvalue weighted by atomic mass is 16.5. The van der Waals surface area contributed by atoms with Crippen molar-refractivity contribution in [3.63, 3.8) is 0 Å². The average molecular weight is 273 g/mol. The van der Waals surface area contributed by atoms with Gasteiger partial charge in [0.25, 0.3) is 5.91 Å². The van der Waals surface area contributed by atoms with Crippen LogP contribution in [0.5, 0.6) is 0 Å². The molecule has 1 atom stereocenters. The number of carbonyl (C=O) groups is 1. The summed E-state index contributed by atoms with van der Waals surface area (Å²) in [7, 11) is 1.68. The average Bonchev–Trinajstić information content (AvgIpc) is 2.52. The van der Waals surface area contributed by atoms with E-state index in [9.17, 15) is 4.79 Å². The smallest absolute Gasteiger partial charge is 0.255 e. The number of ether oxygens (including phenoxy) is 1. The van der Waals surface area contributed by atoms with E-state index in [1.807, 2.05) is 4.90 Å². The van der Waals surface area contributed by atoms with E-state index in [-0.39, 0.29) is 12.0 Å². The van der Waals surface area contributed by atoms with Gasteiger partial charge in [0.05, 0.1) is 18.2 Å². The largest absolute Gasteiger partial charge is 0.380 e. The minimum atomic E-state index is -0.0179. The molecule has 0 spiro atoms. The van der Waals surface area contributed by atoms with E-state index in [4.69, 9.17) is 10.5 Å². The molecule has 1 aromatic heterocycles. The van der Waals surface area contributed by atoms with Crippen LogP contribution in [-0.4, -0.2) is 48.6 Å². The molecule has 2 rings (SSSR count). The third-order valence-electron chi connectivity index (χ3n) is 3.32. The molecule has 2 N–H and O–H groups in total. The Balaban J connectivity index is 2.12. The van der Waals surface area contributed by atoms with Crippen molar-refractivity contribution in [2.45, 2.75) is 18.9 Å². The monoisotopic (exact) mass is 273 g/mol. The minimum absolute atomic E-state index is 0.0179. The Morgan fingerprint density at radius 2 is 2.45 bits per heavy atom. The van der Waals surface area contributed by atoms with Crippen molar-refractivity contribution in [1.29, 1.82) is 0 Å². The molecule has 1 amide bonds. The topological polar surface area (TPSA) is 68.5 Å². The number of amides is 1. The number of likely N-dealkylation sites (tertiary alicyclic amines) is 1. The van der Waals surface area contributed by atoms with Crippen LogP contribution in [-0.2, 0) is 4.74 Å². The van der Waals surface area contributed by atoms with Gasteiger partial charge in [-0.05, 0) is 18.9 Å². The van der Waals surface area contributed by atoms with Gasteiger partial charge in [-0.15, -0.1) is 0 Å². The molecular formula is C15H19N3O2. The summed E-state index contributed by atoms with van der Waals surface area (Å²) in [5, 5.41) is 0. The van der Waals surface area contributed by atoms with Crippen LogP contribution in [0, 0.1) is 11.8 Å². The second-order valence-electron chi connectivity index (χ2n) is 4.72. The molecule has 1 aromatic rings. The van der Waals surface area contributed by atoms with Gasteiger partial charge in [0.1, 0.15) is 0 Å². The number of carbonyl (C=O) groups excluding carboxylic acids is 1. The number of pyridine rings is 1. The Morgan fingerprint density at radius 3 is 3.20 bits per heavy atom. The van der Waals surface area contributed by atoms with E-state index in [0.717, 1.165) is 19.4 Å². The summed E-state index contributed by atoms with van der Waals surface area (Å²) in [4.78, 5) is 18.3. The first-order chi connectivity index (χ1) is 9.74. The third kappa shape index (κ3) is 3.56. The fraction of sp³-hybridized carbons (Fsp3) is 0.467. The van der Waals surface area contributed by atoms with Crippen molar-refractivity contribution >= 4 is 5.91 Å². The number of hydrogen-bond donors (Lipinski definition) is 1. The number of aromatic nitrogens is 1. The van der Waals surface area contributed by atoms with E-state index >= 15 is 0 Å². The normalized spacial score (nSPS) is 18.3. The van der Waals surface area contributed by atoms with Crippen molar-refractivity contribution in [3.05, 3.63) is 29.6 Å². The van der Waals surface area contributed by atoms with E-state index in [1.165, 1.54) is 0 Å². The minimum Gasteiger partial charge on any atom is -0.380 e. The molecule has 1 aliphatic rings. The van der Waals surface area contributed by atoms with Gasteiger partial charge in [-0.1, -0.05) is 11.8 Å². The lowest BCUT2D eigenvalue weighted by molar-refractivity contribution is 0.0268. The molecule has 5 heteroatoms. The molecule has 1 saturated heterocycles. The van der Waals surface area contributed by atoms with Gasteiger partial charge in [0.2, 0.25) is 0 Å². The van der Waals surface area contributed by atoms with Gasteiger partial charge in [0.15, 0.2) is 0 Å². The number of piperidine rings is 1. The van der Waals surface area contributed by atoms with Gasteiger partial charge in [0, 0.05) is 38.2 Å². The lowest BCUT2D eigenvalue weighted by atomic mass is 10.1. The highest BCUT2D eigenvalue weighted by Crippen LogP contribution is 2.15. The lowest BCUT2D eigenvalue weighted by Gasteiger charge is -2.31. The van der Waals surface area contributed by atoms with Crippen LogP contribution in [0.3, 0.4) is 0 Å². The molecule has 1 unspecified atom stereocenters. The van der Waals surface area contributed by atoms with E-state index < -0.39 is 0 Å². The van der Waals surface area contributed by atoms with Crippen LogP contribution >= 0.6 is 0 Å². The van der Waals surface area contributed by atoms with Gasteiger partial charge in [-0.3, -0.25) is 9.78 Å². The second-order valence-corrected chi connectivity index (χ2v) is 4.72. The number of hydrogen-bond acceptors (Lipinski definition) is 4. The Kier molecular flexibility index (Phi) is 5.10. The van der Waals surface area contributed by atoms with Crippen molar-refractivity contribution in [2.75, 3.05) is 26.7 Å². The predicted octanol–water partition coefficient (Wildman–Crippen LogP) is 0.643. The summed E-state index contributed by atoms with van der Waals surface area (Å²) in [6, 6.07) is 1.76. The van der Waals surface area contributed by atoms with Gasteiger partial charge in [-0.2, -0.15) is 0 Å². The zero-order chi connectivity index (χ0) is 14.4. The molecule has 0 saturated carbocycles.